The van der Waals surface area contributed by atoms with Crippen molar-refractivity contribution >= 4 is 5.82 Å². The second-order valence-electron chi connectivity index (χ2n) is 6.48. The van der Waals surface area contributed by atoms with Crippen LogP contribution in [0.15, 0.2) is 27.8 Å². The first-order valence-electron chi connectivity index (χ1n) is 8.36. The molecule has 1 aliphatic heterocycles. The van der Waals surface area contributed by atoms with Crippen molar-refractivity contribution in [2.75, 3.05) is 12.0 Å². The fourth-order valence-electron chi connectivity index (χ4n) is 3.12. The Kier molecular flexibility index (Phi) is 4.32. The predicted molar refractivity (Wildman–Crippen MR) is 95.9 cm³/mol. The van der Waals surface area contributed by atoms with E-state index in [9.17, 15) is 9.59 Å². The molecule has 0 radical (unpaired) electrons. The highest BCUT2D eigenvalue weighted by Gasteiger charge is 2.25. The Morgan fingerprint density at radius 3 is 2.71 bits per heavy atom. The molecule has 128 valence electrons. The van der Waals surface area contributed by atoms with Gasteiger partial charge in [-0.05, 0) is 44.4 Å². The minimum atomic E-state index is -0.406. The largest absolute Gasteiger partial charge is 0.358 e. The van der Waals surface area contributed by atoms with E-state index in [1.807, 2.05) is 32.0 Å². The Morgan fingerprint density at radius 2 is 2.00 bits per heavy atom. The molecule has 2 N–H and O–H groups in total. The van der Waals surface area contributed by atoms with E-state index in [2.05, 4.69) is 29.0 Å². The van der Waals surface area contributed by atoms with Crippen LogP contribution in [0.2, 0.25) is 0 Å². The van der Waals surface area contributed by atoms with E-state index in [0.717, 1.165) is 23.2 Å². The first-order chi connectivity index (χ1) is 11.4. The van der Waals surface area contributed by atoms with Gasteiger partial charge in [-0.25, -0.2) is 9.36 Å². The second kappa shape index (κ2) is 6.28. The molecular weight excluding hydrogens is 304 g/mol. The lowest BCUT2D eigenvalue weighted by molar-refractivity contribution is 0.200. The normalized spacial score (nSPS) is 15.7. The number of benzene rings is 1. The highest BCUT2D eigenvalue weighted by Crippen LogP contribution is 2.25. The topological polar surface area (TPSA) is 70.1 Å². The maximum absolute atomic E-state index is 12.5. The molecule has 6 heteroatoms. The van der Waals surface area contributed by atoms with Crippen molar-refractivity contribution in [3.63, 3.8) is 0 Å². The number of rotatable bonds is 3. The van der Waals surface area contributed by atoms with E-state index < -0.39 is 5.69 Å². The molecule has 0 amide bonds. The molecule has 1 atom stereocenters. The lowest BCUT2D eigenvalue weighted by Gasteiger charge is -2.34. The van der Waals surface area contributed by atoms with Crippen LogP contribution < -0.4 is 16.6 Å². The number of aryl methyl sites for hydroxylation is 1. The van der Waals surface area contributed by atoms with Crippen molar-refractivity contribution in [3.8, 4) is 5.69 Å². The third-order valence-electron chi connectivity index (χ3n) is 5.05. The molecule has 0 fully saturated rings. The Balaban J connectivity index is 2.19. The molecule has 6 nitrogen and oxygen atoms in total. The fourth-order valence-corrected chi connectivity index (χ4v) is 3.12. The van der Waals surface area contributed by atoms with E-state index in [4.69, 9.17) is 0 Å². The van der Waals surface area contributed by atoms with Crippen molar-refractivity contribution < 1.29 is 0 Å². The summed E-state index contributed by atoms with van der Waals surface area (Å²) < 4.78 is 1.59. The number of hydrogen-bond donors (Lipinski definition) is 2. The first-order valence-corrected chi connectivity index (χ1v) is 8.36. The van der Waals surface area contributed by atoms with Crippen LogP contribution in [0.25, 0.3) is 5.69 Å². The average molecular weight is 328 g/mol. The van der Waals surface area contributed by atoms with Gasteiger partial charge in [0.25, 0.3) is 5.56 Å². The van der Waals surface area contributed by atoms with Crippen LogP contribution in [0.5, 0.6) is 0 Å². The highest BCUT2D eigenvalue weighted by molar-refractivity contribution is 5.55. The molecule has 1 unspecified atom stereocenters. The molecule has 0 saturated heterocycles. The lowest BCUT2D eigenvalue weighted by atomic mass is 10.1. The second-order valence-corrected chi connectivity index (χ2v) is 6.48. The van der Waals surface area contributed by atoms with E-state index in [1.165, 1.54) is 0 Å². The van der Waals surface area contributed by atoms with Gasteiger partial charge in [-0.2, -0.15) is 0 Å². The SMILES string of the molecule is CCC(C)N1CNc2c(c(=O)[nH]c(=O)n2-c2cccc(C)c2C)C1. The summed E-state index contributed by atoms with van der Waals surface area (Å²) in [6, 6.07) is 6.22. The molecule has 1 aromatic carbocycles. The number of H-pyrrole nitrogens is 1. The summed E-state index contributed by atoms with van der Waals surface area (Å²) in [5, 5.41) is 3.29. The number of aromatic amines is 1. The average Bonchev–Trinajstić information content (AvgIpc) is 2.57. The first kappa shape index (κ1) is 16.5. The number of nitrogens with zero attached hydrogens (tertiary/aromatic N) is 2. The standard InChI is InChI=1S/C18H24N4O2/c1-5-12(3)21-9-14-16(19-10-21)22(18(24)20-17(14)23)15-8-6-7-11(2)13(15)4/h6-8,12,19H,5,9-10H2,1-4H3,(H,20,23,24). The van der Waals surface area contributed by atoms with Crippen LogP contribution in [-0.4, -0.2) is 27.2 Å². The third kappa shape index (κ3) is 2.67. The van der Waals surface area contributed by atoms with Crippen molar-refractivity contribution in [1.29, 1.82) is 0 Å². The Bertz CT molecular complexity index is 882. The summed E-state index contributed by atoms with van der Waals surface area (Å²) in [4.78, 5) is 29.5. The Hall–Kier alpha value is -2.34. The monoisotopic (exact) mass is 328 g/mol. The molecule has 24 heavy (non-hydrogen) atoms. The minimum Gasteiger partial charge on any atom is -0.358 e. The van der Waals surface area contributed by atoms with Gasteiger partial charge in [-0.15, -0.1) is 0 Å². The van der Waals surface area contributed by atoms with Gasteiger partial charge in [-0.3, -0.25) is 14.7 Å². The summed E-state index contributed by atoms with van der Waals surface area (Å²) in [7, 11) is 0. The van der Waals surface area contributed by atoms with Gasteiger partial charge in [0.2, 0.25) is 0 Å². The van der Waals surface area contributed by atoms with Crippen LogP contribution in [0.3, 0.4) is 0 Å². The number of anilines is 1. The number of fused-ring (bicyclic) bond motifs is 1. The summed E-state index contributed by atoms with van der Waals surface area (Å²) in [6.07, 6.45) is 1.01. The van der Waals surface area contributed by atoms with Gasteiger partial charge >= 0.3 is 5.69 Å². The van der Waals surface area contributed by atoms with Crippen molar-refractivity contribution in [1.82, 2.24) is 14.5 Å². The number of nitrogens with one attached hydrogen (secondary N) is 2. The third-order valence-corrected chi connectivity index (χ3v) is 5.05. The highest BCUT2D eigenvalue weighted by atomic mass is 16.2. The van der Waals surface area contributed by atoms with E-state index in [-0.39, 0.29) is 5.56 Å². The van der Waals surface area contributed by atoms with Crippen molar-refractivity contribution in [2.24, 2.45) is 0 Å². The lowest BCUT2D eigenvalue weighted by Crippen LogP contribution is -2.45. The molecular formula is C18H24N4O2. The van der Waals surface area contributed by atoms with E-state index >= 15 is 0 Å². The molecule has 1 aliphatic rings. The quantitative estimate of drug-likeness (QED) is 0.905. The zero-order chi connectivity index (χ0) is 17.4. The van der Waals surface area contributed by atoms with Gasteiger partial charge < -0.3 is 5.32 Å². The van der Waals surface area contributed by atoms with Gasteiger partial charge in [0.05, 0.1) is 17.9 Å². The summed E-state index contributed by atoms with van der Waals surface area (Å²) >= 11 is 0. The molecule has 0 bridgehead atoms. The maximum Gasteiger partial charge on any atom is 0.334 e. The molecule has 0 aliphatic carbocycles. The Labute approximate surface area is 141 Å². The number of aromatic nitrogens is 2. The van der Waals surface area contributed by atoms with Gasteiger partial charge in [0.1, 0.15) is 5.82 Å². The minimum absolute atomic E-state index is 0.308. The van der Waals surface area contributed by atoms with Crippen molar-refractivity contribution in [3.05, 3.63) is 55.7 Å². The summed E-state index contributed by atoms with van der Waals surface area (Å²) in [5.41, 5.74) is 2.84. The fraction of sp³-hybridized carbons (Fsp3) is 0.444. The molecule has 3 rings (SSSR count). The molecule has 2 aromatic rings. The van der Waals surface area contributed by atoms with Gasteiger partial charge in [-0.1, -0.05) is 19.1 Å². The van der Waals surface area contributed by atoms with Gasteiger partial charge in [0, 0.05) is 12.6 Å². The Morgan fingerprint density at radius 1 is 1.25 bits per heavy atom. The smallest absolute Gasteiger partial charge is 0.334 e. The molecule has 0 spiro atoms. The van der Waals surface area contributed by atoms with Crippen LogP contribution >= 0.6 is 0 Å². The molecule has 2 heterocycles. The zero-order valence-electron chi connectivity index (χ0n) is 14.6. The van der Waals surface area contributed by atoms with Gasteiger partial charge in [0.15, 0.2) is 0 Å². The zero-order valence-corrected chi connectivity index (χ0v) is 14.6. The predicted octanol–water partition coefficient (Wildman–Crippen LogP) is 2.13. The van der Waals surface area contributed by atoms with Crippen LogP contribution in [-0.2, 0) is 6.54 Å². The maximum atomic E-state index is 12.5. The van der Waals surface area contributed by atoms with Crippen LogP contribution in [0.4, 0.5) is 5.82 Å². The molecule has 0 saturated carbocycles. The molecule has 1 aromatic heterocycles. The van der Waals surface area contributed by atoms with Crippen LogP contribution in [0.1, 0.15) is 37.0 Å². The van der Waals surface area contributed by atoms with E-state index in [0.29, 0.717) is 30.6 Å². The number of hydrogen-bond acceptors (Lipinski definition) is 4. The van der Waals surface area contributed by atoms with E-state index in [1.54, 1.807) is 4.57 Å². The summed E-state index contributed by atoms with van der Waals surface area (Å²) in [5.74, 6) is 0.608. The van der Waals surface area contributed by atoms with Crippen LogP contribution in [0, 0.1) is 13.8 Å². The van der Waals surface area contributed by atoms with Crippen molar-refractivity contribution in [2.45, 2.75) is 46.7 Å². The summed E-state index contributed by atoms with van der Waals surface area (Å²) in [6.45, 7) is 9.43.